The highest BCUT2D eigenvalue weighted by molar-refractivity contribution is 7.11. The van der Waals surface area contributed by atoms with Crippen LogP contribution < -0.4 is 5.32 Å². The minimum Gasteiger partial charge on any atom is -0.504 e. The Hall–Kier alpha value is -3.40. The van der Waals surface area contributed by atoms with Crippen LogP contribution >= 0.6 is 11.5 Å². The van der Waals surface area contributed by atoms with E-state index in [-0.39, 0.29) is 23.0 Å². The van der Waals surface area contributed by atoms with E-state index < -0.39 is 0 Å². The molecule has 0 atom stereocenters. The number of aromatic nitrogens is 2. The molecule has 132 valence electrons. The summed E-state index contributed by atoms with van der Waals surface area (Å²) in [6, 6.07) is 6.66. The van der Waals surface area contributed by atoms with E-state index in [2.05, 4.69) is 29.9 Å². The van der Waals surface area contributed by atoms with Gasteiger partial charge in [-0.25, -0.2) is 9.98 Å². The first kappa shape index (κ1) is 17.4. The van der Waals surface area contributed by atoms with Gasteiger partial charge >= 0.3 is 0 Å². The van der Waals surface area contributed by atoms with Crippen LogP contribution in [0.1, 0.15) is 6.92 Å². The molecule has 1 aromatic carbocycles. The van der Waals surface area contributed by atoms with E-state index in [0.29, 0.717) is 16.3 Å². The molecule has 3 aromatic rings. The number of methoxy groups -OCH3 is 1. The number of ether oxygens (including phenoxy) is 1. The van der Waals surface area contributed by atoms with Gasteiger partial charge in [0, 0.05) is 13.1 Å². The van der Waals surface area contributed by atoms with Crippen molar-refractivity contribution >= 4 is 56.9 Å². The van der Waals surface area contributed by atoms with E-state index in [1.54, 1.807) is 12.3 Å². The molecule has 0 saturated heterocycles. The Labute approximate surface area is 152 Å². The molecule has 0 aliphatic carbocycles. The molecule has 3 rings (SSSR count). The number of azo groups is 1. The van der Waals surface area contributed by atoms with Gasteiger partial charge in [0.1, 0.15) is 5.69 Å². The molecule has 0 spiro atoms. The number of phenols is 1. The number of phenolic OH excluding ortho intramolecular Hbond substituents is 1. The molecule has 9 nitrogen and oxygen atoms in total. The maximum Gasteiger partial charge on any atom is 0.221 e. The molecule has 0 fully saturated rings. The Balaban J connectivity index is 2.00. The molecule has 0 bridgehead atoms. The largest absolute Gasteiger partial charge is 0.504 e. The van der Waals surface area contributed by atoms with Gasteiger partial charge in [-0.05, 0) is 35.8 Å². The average Bonchev–Trinajstić information content (AvgIpc) is 3.04. The van der Waals surface area contributed by atoms with Crippen LogP contribution in [-0.2, 0) is 9.53 Å². The number of nitrogens with one attached hydrogen (secondary N) is 1. The van der Waals surface area contributed by atoms with Crippen molar-refractivity contribution in [2.75, 3.05) is 12.4 Å². The van der Waals surface area contributed by atoms with Crippen LogP contribution in [0.3, 0.4) is 0 Å². The maximum atomic E-state index is 11.3. The lowest BCUT2D eigenvalue weighted by atomic mass is 10.2. The summed E-state index contributed by atoms with van der Waals surface area (Å²) in [6.45, 7) is 1.34. The fourth-order valence-corrected chi connectivity index (χ4v) is 2.76. The van der Waals surface area contributed by atoms with Crippen LogP contribution in [0.5, 0.6) is 5.75 Å². The van der Waals surface area contributed by atoms with Crippen LogP contribution in [0.4, 0.5) is 22.1 Å². The molecule has 0 radical (unpaired) electrons. The first-order valence-corrected chi connectivity index (χ1v) is 8.18. The number of aliphatic imine (C=N–C) groups is 1. The highest BCUT2D eigenvalue weighted by atomic mass is 32.1. The number of hydrogen-bond donors (Lipinski definition) is 2. The third-order valence-electron chi connectivity index (χ3n) is 3.17. The number of rotatable bonds is 5. The summed E-state index contributed by atoms with van der Waals surface area (Å²) in [5.41, 5.74) is 1.35. The van der Waals surface area contributed by atoms with Gasteiger partial charge in [-0.3, -0.25) is 4.79 Å². The second kappa shape index (κ2) is 7.66. The molecule has 2 N–H and O–H groups in total. The Morgan fingerprint density at radius 1 is 1.38 bits per heavy atom. The van der Waals surface area contributed by atoms with Crippen molar-refractivity contribution in [3.8, 4) is 5.75 Å². The van der Waals surface area contributed by atoms with Crippen LogP contribution in [0.15, 0.2) is 45.7 Å². The number of amides is 1. The Kier molecular flexibility index (Phi) is 5.13. The smallest absolute Gasteiger partial charge is 0.221 e. The van der Waals surface area contributed by atoms with E-state index in [0.717, 1.165) is 11.8 Å². The molecular formula is C16H14N6O3S. The summed E-state index contributed by atoms with van der Waals surface area (Å²) in [5, 5.41) is 22.5. The standard InChI is InChI=1S/C16H14N6O3S/c1-9(23)19-13-7-10(6-12(14(13)24)18-8-25-2)20-21-16-11-4-3-5-17-15(11)22-26-16/h3-8,24H,1-2H3,(H,19,23)/b18-8?,21-20+. The fourth-order valence-electron chi connectivity index (χ4n) is 2.10. The first-order valence-electron chi connectivity index (χ1n) is 7.40. The van der Waals surface area contributed by atoms with Gasteiger partial charge in [0.15, 0.2) is 22.8 Å². The molecular weight excluding hydrogens is 356 g/mol. The van der Waals surface area contributed by atoms with Gasteiger partial charge in [-0.2, -0.15) is 4.37 Å². The van der Waals surface area contributed by atoms with Crippen LogP contribution in [-0.4, -0.2) is 33.9 Å². The summed E-state index contributed by atoms with van der Waals surface area (Å²) >= 11 is 1.18. The summed E-state index contributed by atoms with van der Waals surface area (Å²) < 4.78 is 8.97. The summed E-state index contributed by atoms with van der Waals surface area (Å²) in [4.78, 5) is 19.5. The van der Waals surface area contributed by atoms with Crippen LogP contribution in [0.25, 0.3) is 11.0 Å². The second-order valence-corrected chi connectivity index (χ2v) is 5.83. The van der Waals surface area contributed by atoms with Crippen molar-refractivity contribution in [1.29, 1.82) is 0 Å². The molecule has 2 aromatic heterocycles. The van der Waals surface area contributed by atoms with Gasteiger partial charge in [0.25, 0.3) is 0 Å². The quantitative estimate of drug-likeness (QED) is 0.303. The molecule has 26 heavy (non-hydrogen) atoms. The van der Waals surface area contributed by atoms with Crippen molar-refractivity contribution in [2.24, 2.45) is 15.2 Å². The van der Waals surface area contributed by atoms with Crippen LogP contribution in [0.2, 0.25) is 0 Å². The second-order valence-electron chi connectivity index (χ2n) is 5.07. The lowest BCUT2D eigenvalue weighted by molar-refractivity contribution is -0.114. The number of nitrogens with zero attached hydrogens (tertiary/aromatic N) is 5. The van der Waals surface area contributed by atoms with Crippen molar-refractivity contribution < 1.29 is 14.6 Å². The van der Waals surface area contributed by atoms with Gasteiger partial charge in [-0.15, -0.1) is 10.2 Å². The highest BCUT2D eigenvalue weighted by Crippen LogP contribution is 2.39. The van der Waals surface area contributed by atoms with Crippen LogP contribution in [0, 0.1) is 0 Å². The third kappa shape index (κ3) is 3.81. The fraction of sp³-hybridized carbons (Fsp3) is 0.125. The number of carbonyl (C=O) groups is 1. The molecule has 10 heteroatoms. The van der Waals surface area contributed by atoms with E-state index in [1.165, 1.54) is 37.7 Å². The van der Waals surface area contributed by atoms with Crippen molar-refractivity contribution in [3.05, 3.63) is 30.5 Å². The predicted molar refractivity (Wildman–Crippen MR) is 99.2 cm³/mol. The molecule has 0 aliphatic heterocycles. The summed E-state index contributed by atoms with van der Waals surface area (Å²) in [5.74, 6) is -0.532. The zero-order valence-corrected chi connectivity index (χ0v) is 14.7. The Morgan fingerprint density at radius 2 is 2.23 bits per heavy atom. The van der Waals surface area contributed by atoms with E-state index in [4.69, 9.17) is 4.74 Å². The van der Waals surface area contributed by atoms with E-state index in [1.807, 2.05) is 6.07 Å². The number of carbonyl (C=O) groups excluding carboxylic acids is 1. The number of fused-ring (bicyclic) bond motifs is 1. The number of anilines is 1. The molecule has 0 unspecified atom stereocenters. The lowest BCUT2D eigenvalue weighted by Gasteiger charge is -2.08. The molecule has 0 aliphatic rings. The molecule has 0 saturated carbocycles. The Morgan fingerprint density at radius 3 is 3.00 bits per heavy atom. The Bertz CT molecular complexity index is 1010. The zero-order chi connectivity index (χ0) is 18.5. The number of aromatic hydroxyl groups is 1. The minimum absolute atomic E-state index is 0.174. The van der Waals surface area contributed by atoms with E-state index >= 15 is 0 Å². The van der Waals surface area contributed by atoms with E-state index in [9.17, 15) is 9.90 Å². The minimum atomic E-state index is -0.337. The SMILES string of the molecule is COC=Nc1cc(/N=N/c2snc3ncccc23)cc(NC(C)=O)c1O. The third-order valence-corrected chi connectivity index (χ3v) is 3.91. The molecule has 2 heterocycles. The van der Waals surface area contributed by atoms with Gasteiger partial charge in [-0.1, -0.05) is 0 Å². The van der Waals surface area contributed by atoms with Gasteiger partial charge in [0.2, 0.25) is 5.91 Å². The average molecular weight is 370 g/mol. The number of pyridine rings is 1. The predicted octanol–water partition coefficient (Wildman–Crippen LogP) is 4.08. The number of benzene rings is 1. The number of hydrogen-bond acceptors (Lipinski definition) is 9. The van der Waals surface area contributed by atoms with Gasteiger partial charge < -0.3 is 15.2 Å². The van der Waals surface area contributed by atoms with Crippen molar-refractivity contribution in [1.82, 2.24) is 9.36 Å². The lowest BCUT2D eigenvalue weighted by Crippen LogP contribution is -2.05. The molecule has 1 amide bonds. The first-order chi connectivity index (χ1) is 12.6. The summed E-state index contributed by atoms with van der Waals surface area (Å²) in [7, 11) is 1.43. The zero-order valence-electron chi connectivity index (χ0n) is 13.9. The monoisotopic (exact) mass is 370 g/mol. The van der Waals surface area contributed by atoms with Gasteiger partial charge in [0.05, 0.1) is 23.9 Å². The van der Waals surface area contributed by atoms with Crippen molar-refractivity contribution in [2.45, 2.75) is 6.92 Å². The topological polar surface area (TPSA) is 121 Å². The maximum absolute atomic E-state index is 11.3. The highest BCUT2D eigenvalue weighted by Gasteiger charge is 2.11. The normalized spacial score (nSPS) is 11.5. The van der Waals surface area contributed by atoms with Crippen molar-refractivity contribution in [3.63, 3.8) is 0 Å². The summed E-state index contributed by atoms with van der Waals surface area (Å²) in [6.07, 6.45) is 2.82.